The van der Waals surface area contributed by atoms with E-state index in [-0.39, 0.29) is 29.3 Å². The van der Waals surface area contributed by atoms with Crippen molar-refractivity contribution in [2.75, 3.05) is 31.9 Å². The van der Waals surface area contributed by atoms with Gasteiger partial charge in [-0.15, -0.1) is 12.3 Å². The minimum atomic E-state index is -0.314. The second kappa shape index (κ2) is 37.0. The summed E-state index contributed by atoms with van der Waals surface area (Å²) in [5.41, 5.74) is 6.60. The van der Waals surface area contributed by atoms with Gasteiger partial charge in [-0.3, -0.25) is 14.6 Å². The highest BCUT2D eigenvalue weighted by Crippen LogP contribution is 2.13. The van der Waals surface area contributed by atoms with Gasteiger partial charge in [0.1, 0.15) is 11.6 Å². The number of pyridine rings is 1. The lowest BCUT2D eigenvalue weighted by Gasteiger charge is -2.05. The molecule has 57 heavy (non-hydrogen) atoms. The molecule has 0 aliphatic rings. The van der Waals surface area contributed by atoms with Crippen LogP contribution >= 0.6 is 0 Å². The van der Waals surface area contributed by atoms with Crippen LogP contribution in [0.1, 0.15) is 75.4 Å². The van der Waals surface area contributed by atoms with Crippen LogP contribution in [-0.2, 0) is 37.1 Å². The Bertz CT molecular complexity index is 1760. The number of hydrogen-bond acceptors (Lipinski definition) is 7. The first-order chi connectivity index (χ1) is 27.1. The van der Waals surface area contributed by atoms with E-state index < -0.39 is 0 Å². The number of rotatable bonds is 9. The number of benzene rings is 3. The lowest BCUT2D eigenvalue weighted by molar-refractivity contribution is -0.117. The van der Waals surface area contributed by atoms with Gasteiger partial charge in [0, 0.05) is 58.6 Å². The average Bonchev–Trinajstić information content (AvgIpc) is 3.18. The molecule has 1 aromatic heterocycles. The second-order valence-electron chi connectivity index (χ2n) is 11.8. The predicted molar refractivity (Wildman–Crippen MR) is 233 cm³/mol. The maximum absolute atomic E-state index is 12.8. The first kappa shape index (κ1) is 55.4. The van der Waals surface area contributed by atoms with Gasteiger partial charge >= 0.3 is 6.03 Å². The predicted octanol–water partition coefficient (Wildman–Crippen LogP) is 9.98. The van der Waals surface area contributed by atoms with Crippen molar-refractivity contribution in [3.8, 4) is 12.3 Å². The molecule has 11 heteroatoms. The van der Waals surface area contributed by atoms with Crippen LogP contribution < -0.4 is 16.0 Å². The molecule has 3 aromatic carbocycles. The van der Waals surface area contributed by atoms with E-state index in [1.165, 1.54) is 43.3 Å². The molecule has 0 saturated heterocycles. The topological polar surface area (TPSA) is 136 Å². The van der Waals surface area contributed by atoms with Crippen LogP contribution in [0.15, 0.2) is 104 Å². The number of allylic oxidation sites excluding steroid dienone is 1. The molecule has 310 valence electrons. The number of ketones is 2. The third-order valence-corrected chi connectivity index (χ3v) is 6.47. The molecule has 4 aromatic rings. The highest BCUT2D eigenvalue weighted by molar-refractivity contribution is 5.89. The minimum absolute atomic E-state index is 0.0319. The maximum atomic E-state index is 12.8. The number of Topliss-reactive ketones (excluding diaryl/α,β-unsaturated/α-hetero) is 1. The third kappa shape index (κ3) is 35.5. The van der Waals surface area contributed by atoms with E-state index in [0.29, 0.717) is 37.3 Å². The molecule has 3 amide bonds. The zero-order valence-corrected chi connectivity index (χ0v) is 35.6. The number of urea groups is 1. The van der Waals surface area contributed by atoms with Crippen LogP contribution in [0.2, 0.25) is 0 Å². The number of aromatic nitrogens is 1. The van der Waals surface area contributed by atoms with E-state index in [9.17, 15) is 23.6 Å². The molecule has 0 unspecified atom stereocenters. The third-order valence-electron chi connectivity index (χ3n) is 6.47. The number of ether oxygens (including phenoxy) is 2. The smallest absolute Gasteiger partial charge is 0.318 e. The lowest BCUT2D eigenvalue weighted by atomic mass is 10.1. The highest BCUT2D eigenvalue weighted by Gasteiger charge is 2.01. The molecule has 3 N–H and O–H groups in total. The van der Waals surface area contributed by atoms with Crippen molar-refractivity contribution >= 4 is 34.9 Å². The number of carbonyl (C=O) groups excluding carboxylic acids is 4. The summed E-state index contributed by atoms with van der Waals surface area (Å²) >= 11 is 0. The minimum Gasteiger partial charge on any atom is -0.380 e. The van der Waals surface area contributed by atoms with Gasteiger partial charge < -0.3 is 30.2 Å². The fraction of sp³-hybridized carbons (Fsp3) is 0.326. The van der Waals surface area contributed by atoms with Crippen LogP contribution in [0.25, 0.3) is 0 Å². The Morgan fingerprint density at radius 2 is 1.37 bits per heavy atom. The lowest BCUT2D eigenvalue weighted by Crippen LogP contribution is -2.24. The Balaban J connectivity index is -0.000000619. The number of hydrogen-bond donors (Lipinski definition) is 3. The van der Waals surface area contributed by atoms with Gasteiger partial charge in [-0.1, -0.05) is 68.5 Å². The van der Waals surface area contributed by atoms with Gasteiger partial charge in [-0.05, 0) is 99.8 Å². The van der Waals surface area contributed by atoms with Crippen LogP contribution in [-0.4, -0.2) is 49.8 Å². The Kier molecular flexibility index (Phi) is 35.9. The number of nitrogens with zero attached hydrogens (tertiary/aromatic N) is 1. The maximum Gasteiger partial charge on any atom is 0.318 e. The standard InChI is InChI=1S/C9H11FN2O.C9H11NO.C9H12O.C7H9NO.C5H8O.C4H8O.C3H4/c1-6-5-7(3-4-8(6)10)12-9(13)11-2;1-7-4-3-5-9(6-7)10-8(2)11;1-8-4-3-5-9(6-8)7-10-2;1-9-6-7-4-2-3-5-8-7;1-3-5(6)4-2;1-3-4(2)5;1-3-2/h3-5H,1-2H3,(H2,11,12,13);3-6H,1-2H3,(H,10,11);3-6H,7H2,1-2H3;2-5H,6H2,1H3;3H,1,4H2,2H3;3H2,1-2H3;1H,2H3. The molecule has 0 atom stereocenters. The number of amides is 3. The molecule has 0 aliphatic carbocycles. The van der Waals surface area contributed by atoms with Crippen LogP contribution in [0.5, 0.6) is 0 Å². The molecular weight excluding hydrogens is 724 g/mol. The molecular formula is C46H63FN4O6. The molecule has 0 fully saturated rings. The van der Waals surface area contributed by atoms with Crippen molar-refractivity contribution in [3.63, 3.8) is 0 Å². The van der Waals surface area contributed by atoms with Gasteiger partial charge in [0.05, 0.1) is 18.9 Å². The van der Waals surface area contributed by atoms with Crippen molar-refractivity contribution in [3.05, 3.63) is 138 Å². The molecule has 1 heterocycles. The van der Waals surface area contributed by atoms with Crippen LogP contribution in [0.3, 0.4) is 0 Å². The van der Waals surface area contributed by atoms with Crippen LogP contribution in [0, 0.1) is 38.9 Å². The Labute approximate surface area is 340 Å². The monoisotopic (exact) mass is 786 g/mol. The second-order valence-corrected chi connectivity index (χ2v) is 11.8. The zero-order valence-electron chi connectivity index (χ0n) is 35.6. The number of methoxy groups -OCH3 is 2. The fourth-order valence-corrected chi connectivity index (χ4v) is 3.59. The van der Waals surface area contributed by atoms with Crippen LogP contribution in [0.4, 0.5) is 20.6 Å². The van der Waals surface area contributed by atoms with Gasteiger partial charge in [0.15, 0.2) is 5.78 Å². The number of nitrogens with one attached hydrogen (secondary N) is 3. The Morgan fingerprint density at radius 3 is 1.77 bits per heavy atom. The first-order valence-corrected chi connectivity index (χ1v) is 18.1. The quantitative estimate of drug-likeness (QED) is 0.114. The summed E-state index contributed by atoms with van der Waals surface area (Å²) < 4.78 is 22.6. The van der Waals surface area contributed by atoms with E-state index >= 15 is 0 Å². The fourth-order valence-electron chi connectivity index (χ4n) is 3.59. The molecule has 0 aliphatic heterocycles. The number of aryl methyl sites for hydroxylation is 3. The van der Waals surface area contributed by atoms with Crippen molar-refractivity contribution in [2.45, 2.75) is 81.4 Å². The van der Waals surface area contributed by atoms with Gasteiger partial charge in [-0.2, -0.15) is 0 Å². The van der Waals surface area contributed by atoms with Gasteiger partial charge in [0.2, 0.25) is 5.91 Å². The van der Waals surface area contributed by atoms with Crippen molar-refractivity contribution in [2.24, 2.45) is 0 Å². The van der Waals surface area contributed by atoms with E-state index in [0.717, 1.165) is 16.9 Å². The Hall–Kier alpha value is -5.96. The summed E-state index contributed by atoms with van der Waals surface area (Å²) in [4.78, 5) is 45.4. The summed E-state index contributed by atoms with van der Waals surface area (Å²) in [5.74, 6) is 2.30. The van der Waals surface area contributed by atoms with E-state index in [1.54, 1.807) is 47.3 Å². The highest BCUT2D eigenvalue weighted by atomic mass is 19.1. The Morgan fingerprint density at radius 1 is 0.807 bits per heavy atom. The number of carbonyl (C=O) groups is 4. The zero-order chi connectivity index (χ0) is 44.0. The summed E-state index contributed by atoms with van der Waals surface area (Å²) in [6.45, 7) is 18.7. The van der Waals surface area contributed by atoms with Crippen molar-refractivity contribution in [1.82, 2.24) is 10.3 Å². The molecule has 0 saturated carbocycles. The largest absolute Gasteiger partial charge is 0.380 e. The SMILES string of the molecule is C#CC.C=CC(=O)CC.CC(=O)Nc1cccc(C)c1.CCC(C)=O.CNC(=O)Nc1ccc(F)c(C)c1.COCc1cccc(C)c1.COCc1ccccn1. The van der Waals surface area contributed by atoms with E-state index in [1.807, 2.05) is 69.3 Å². The van der Waals surface area contributed by atoms with Gasteiger partial charge in [0.25, 0.3) is 0 Å². The molecule has 0 spiro atoms. The van der Waals surface area contributed by atoms with E-state index in [2.05, 4.69) is 65.0 Å². The summed E-state index contributed by atoms with van der Waals surface area (Å²) in [6.07, 6.45) is 8.93. The number of terminal acetylenes is 1. The number of anilines is 2. The van der Waals surface area contributed by atoms with Crippen molar-refractivity contribution < 1.29 is 33.0 Å². The van der Waals surface area contributed by atoms with E-state index in [4.69, 9.17) is 9.47 Å². The molecule has 0 bridgehead atoms. The summed E-state index contributed by atoms with van der Waals surface area (Å²) in [5, 5.41) is 7.65. The van der Waals surface area contributed by atoms with Gasteiger partial charge in [-0.25, -0.2) is 9.18 Å². The normalized spacial score (nSPS) is 8.75. The molecule has 0 radical (unpaired) electrons. The van der Waals surface area contributed by atoms with Crippen molar-refractivity contribution in [1.29, 1.82) is 0 Å². The first-order valence-electron chi connectivity index (χ1n) is 18.1. The molecule has 10 nitrogen and oxygen atoms in total. The average molecular weight is 787 g/mol. The molecule has 4 rings (SSSR count). The number of halogens is 1. The summed E-state index contributed by atoms with van der Waals surface area (Å²) in [7, 11) is 4.89. The summed E-state index contributed by atoms with van der Waals surface area (Å²) in [6, 6.07) is 25.9.